The van der Waals surface area contributed by atoms with Gasteiger partial charge in [0.1, 0.15) is 24.1 Å². The standard InChI is InChI=1S/C36H45ClN4O10S/c37-29-8-7-25(52(48,49)41-15-13-40(14-16-41)20-33(45)39-19-30(43)34(46)35(47)31(44)21-42)17-23(29)22-50-36(10-11-36)28-18-38-12-9-26(28)27-3-1-2-4-32(27)51-24-5-6-24/h1-4,7-9,12,17-18,24,30-31,34-35,42-44,46-47H,5-6,10-11,13-16,19-22H2,(H,39,45). The Balaban J connectivity index is 1.05. The van der Waals surface area contributed by atoms with Crippen LogP contribution in [0.25, 0.3) is 11.1 Å². The van der Waals surface area contributed by atoms with Crippen molar-refractivity contribution in [2.24, 2.45) is 0 Å². The van der Waals surface area contributed by atoms with Gasteiger partial charge in [0, 0.05) is 61.3 Å². The average molecular weight is 761 g/mol. The zero-order valence-corrected chi connectivity index (χ0v) is 30.1. The molecule has 282 valence electrons. The zero-order chi connectivity index (χ0) is 37.0. The fourth-order valence-electron chi connectivity index (χ4n) is 6.23. The number of nitrogens with zero attached hydrogens (tertiary/aromatic N) is 3. The topological polar surface area (TPSA) is 202 Å². The number of carbonyl (C=O) groups excluding carboxylic acids is 1. The van der Waals surface area contributed by atoms with Gasteiger partial charge in [-0.2, -0.15) is 4.31 Å². The molecule has 3 aromatic rings. The summed E-state index contributed by atoms with van der Waals surface area (Å²) >= 11 is 6.57. The van der Waals surface area contributed by atoms with Crippen LogP contribution in [0.3, 0.4) is 0 Å². The number of aliphatic hydroxyl groups is 5. The Morgan fingerprint density at radius 3 is 2.38 bits per heavy atom. The second kappa shape index (κ2) is 16.4. The number of sulfonamides is 1. The molecule has 2 aromatic carbocycles. The molecule has 1 aromatic heterocycles. The molecule has 6 N–H and O–H groups in total. The van der Waals surface area contributed by atoms with Gasteiger partial charge in [0.25, 0.3) is 0 Å². The maximum atomic E-state index is 13.7. The van der Waals surface area contributed by atoms with Crippen LogP contribution >= 0.6 is 11.6 Å². The van der Waals surface area contributed by atoms with E-state index < -0.39 is 59.1 Å². The SMILES string of the molecule is O=C(CN1CCN(S(=O)(=O)c2ccc(Cl)c(COC3(c4cnccc4-c4ccccc4OC4CC4)CC3)c2)CC1)NCC(O)C(O)C(O)C(O)CO. The third-order valence-electron chi connectivity index (χ3n) is 9.70. The number of piperazine rings is 1. The van der Waals surface area contributed by atoms with Crippen molar-refractivity contribution in [2.75, 3.05) is 45.9 Å². The summed E-state index contributed by atoms with van der Waals surface area (Å²) in [6.07, 6.45) is 0.631. The fraction of sp³-hybridized carbons (Fsp3) is 0.500. The third-order valence-corrected chi connectivity index (χ3v) is 12.0. The van der Waals surface area contributed by atoms with Crippen LogP contribution < -0.4 is 10.1 Å². The lowest BCUT2D eigenvalue weighted by atomic mass is 9.96. The van der Waals surface area contributed by atoms with E-state index in [0.29, 0.717) is 10.6 Å². The van der Waals surface area contributed by atoms with Gasteiger partial charge in [0.15, 0.2) is 0 Å². The largest absolute Gasteiger partial charge is 0.490 e. The number of hydrogen-bond acceptors (Lipinski definition) is 12. The molecule has 16 heteroatoms. The predicted molar refractivity (Wildman–Crippen MR) is 190 cm³/mol. The van der Waals surface area contributed by atoms with Gasteiger partial charge in [-0.3, -0.25) is 14.7 Å². The lowest BCUT2D eigenvalue weighted by Crippen LogP contribution is -2.53. The molecule has 1 aliphatic heterocycles. The van der Waals surface area contributed by atoms with Crippen molar-refractivity contribution in [3.05, 3.63) is 77.1 Å². The summed E-state index contributed by atoms with van der Waals surface area (Å²) in [6, 6.07) is 14.5. The first-order chi connectivity index (χ1) is 24.9. The summed E-state index contributed by atoms with van der Waals surface area (Å²) in [5, 5.41) is 50.9. The number of aliphatic hydroxyl groups excluding tert-OH is 5. The van der Waals surface area contributed by atoms with E-state index >= 15 is 0 Å². The van der Waals surface area contributed by atoms with E-state index in [4.69, 9.17) is 26.2 Å². The Bertz CT molecular complexity index is 1820. The number of hydrogen-bond donors (Lipinski definition) is 6. The number of para-hydroxylation sites is 1. The number of pyridine rings is 1. The van der Waals surface area contributed by atoms with Gasteiger partial charge in [-0.1, -0.05) is 29.8 Å². The minimum absolute atomic E-state index is 0.0829. The van der Waals surface area contributed by atoms with E-state index in [1.165, 1.54) is 10.4 Å². The van der Waals surface area contributed by atoms with Crippen LogP contribution in [0.15, 0.2) is 65.8 Å². The van der Waals surface area contributed by atoms with Crippen LogP contribution in [0, 0.1) is 0 Å². The van der Waals surface area contributed by atoms with Crippen molar-refractivity contribution >= 4 is 27.5 Å². The van der Waals surface area contributed by atoms with Gasteiger partial charge >= 0.3 is 0 Å². The molecule has 4 unspecified atom stereocenters. The lowest BCUT2D eigenvalue weighted by molar-refractivity contribution is -0.127. The lowest BCUT2D eigenvalue weighted by Gasteiger charge is -2.33. The highest BCUT2D eigenvalue weighted by Gasteiger charge is 2.48. The molecule has 0 spiro atoms. The summed E-state index contributed by atoms with van der Waals surface area (Å²) in [7, 11) is -3.90. The summed E-state index contributed by atoms with van der Waals surface area (Å²) in [4.78, 5) is 18.7. The van der Waals surface area contributed by atoms with Crippen molar-refractivity contribution in [2.45, 2.75) is 73.3 Å². The summed E-state index contributed by atoms with van der Waals surface area (Å²) < 4.78 is 41.5. The van der Waals surface area contributed by atoms with Crippen molar-refractivity contribution < 1.29 is 48.2 Å². The first-order valence-electron chi connectivity index (χ1n) is 17.4. The van der Waals surface area contributed by atoms with Crippen molar-refractivity contribution in [1.29, 1.82) is 0 Å². The number of amides is 1. The number of aromatic nitrogens is 1. The second-order valence-corrected chi connectivity index (χ2v) is 15.9. The van der Waals surface area contributed by atoms with Crippen LogP contribution in [-0.4, -0.2) is 130 Å². The molecule has 0 radical (unpaired) electrons. The number of halogens is 1. The van der Waals surface area contributed by atoms with Crippen molar-refractivity contribution in [3.8, 4) is 16.9 Å². The van der Waals surface area contributed by atoms with Gasteiger partial charge in [0.05, 0.1) is 42.5 Å². The highest BCUT2D eigenvalue weighted by atomic mass is 35.5. The smallest absolute Gasteiger partial charge is 0.243 e. The number of benzene rings is 2. The molecule has 0 bridgehead atoms. The molecule has 3 fully saturated rings. The Hall–Kier alpha value is -3.22. The van der Waals surface area contributed by atoms with Crippen LogP contribution in [0.1, 0.15) is 36.8 Å². The first-order valence-corrected chi connectivity index (χ1v) is 19.2. The van der Waals surface area contributed by atoms with Gasteiger partial charge in [0.2, 0.25) is 15.9 Å². The molecule has 2 heterocycles. The van der Waals surface area contributed by atoms with E-state index in [1.54, 1.807) is 23.2 Å². The third kappa shape index (κ3) is 8.93. The van der Waals surface area contributed by atoms with Gasteiger partial charge in [-0.05, 0) is 67.1 Å². The van der Waals surface area contributed by atoms with E-state index in [-0.39, 0.29) is 50.3 Å². The van der Waals surface area contributed by atoms with E-state index in [9.17, 15) is 33.6 Å². The molecule has 52 heavy (non-hydrogen) atoms. The zero-order valence-electron chi connectivity index (χ0n) is 28.6. The number of carbonyl (C=O) groups is 1. The molecule has 2 saturated carbocycles. The summed E-state index contributed by atoms with van der Waals surface area (Å²) in [5.41, 5.74) is 2.84. The minimum atomic E-state index is -3.90. The van der Waals surface area contributed by atoms with Crippen LogP contribution in [0.2, 0.25) is 5.02 Å². The van der Waals surface area contributed by atoms with E-state index in [0.717, 1.165) is 48.1 Å². The molecule has 2 aliphatic carbocycles. The van der Waals surface area contributed by atoms with Crippen molar-refractivity contribution in [3.63, 3.8) is 0 Å². The molecule has 1 amide bonds. The average Bonchev–Trinajstić information content (AvgIpc) is 4.10. The highest BCUT2D eigenvalue weighted by molar-refractivity contribution is 7.89. The Morgan fingerprint density at radius 2 is 1.69 bits per heavy atom. The monoisotopic (exact) mass is 760 g/mol. The Morgan fingerprint density at radius 1 is 0.981 bits per heavy atom. The maximum Gasteiger partial charge on any atom is 0.243 e. The van der Waals surface area contributed by atoms with Crippen molar-refractivity contribution in [1.82, 2.24) is 19.5 Å². The van der Waals surface area contributed by atoms with E-state index in [1.807, 2.05) is 36.5 Å². The fourth-order valence-corrected chi connectivity index (χ4v) is 7.88. The van der Waals surface area contributed by atoms with Gasteiger partial charge in [-0.15, -0.1) is 0 Å². The molecule has 6 rings (SSSR count). The number of nitrogens with one attached hydrogen (secondary N) is 1. The molecular formula is C36H45ClN4O10S. The second-order valence-electron chi connectivity index (χ2n) is 13.6. The molecule has 14 nitrogen and oxygen atoms in total. The van der Waals surface area contributed by atoms with E-state index in [2.05, 4.69) is 10.3 Å². The highest BCUT2D eigenvalue weighted by Crippen LogP contribution is 2.53. The quantitative estimate of drug-likeness (QED) is 0.114. The molecule has 1 saturated heterocycles. The Labute approximate surface area is 307 Å². The minimum Gasteiger partial charge on any atom is -0.490 e. The van der Waals surface area contributed by atoms with Gasteiger partial charge < -0.3 is 40.3 Å². The Kier molecular flexibility index (Phi) is 12.2. The summed E-state index contributed by atoms with van der Waals surface area (Å²) in [6.45, 7) is -0.396. The van der Waals surface area contributed by atoms with Crippen LogP contribution in [0.4, 0.5) is 0 Å². The normalized spacial score (nSPS) is 20.1. The summed E-state index contributed by atoms with van der Waals surface area (Å²) in [5.74, 6) is 0.341. The number of ether oxygens (including phenoxy) is 2. The first kappa shape index (κ1) is 38.5. The van der Waals surface area contributed by atoms with Gasteiger partial charge in [-0.25, -0.2) is 8.42 Å². The maximum absolute atomic E-state index is 13.7. The molecular weight excluding hydrogens is 716 g/mol. The van der Waals surface area contributed by atoms with Crippen LogP contribution in [-0.2, 0) is 31.8 Å². The molecule has 4 atom stereocenters. The molecule has 3 aliphatic rings. The number of rotatable bonds is 17. The van der Waals surface area contributed by atoms with Crippen LogP contribution in [0.5, 0.6) is 5.75 Å². The predicted octanol–water partition coefficient (Wildman–Crippen LogP) is 1.01.